The maximum Gasteiger partial charge on any atom is 0.186 e. The fourth-order valence-electron chi connectivity index (χ4n) is 1.17. The lowest BCUT2D eigenvalue weighted by Crippen LogP contribution is -2.23. The van der Waals surface area contributed by atoms with Crippen LogP contribution < -0.4 is 10.6 Å². The van der Waals surface area contributed by atoms with Crippen LogP contribution in [0.4, 0.5) is 10.1 Å². The van der Waals surface area contributed by atoms with Crippen molar-refractivity contribution in [3.05, 3.63) is 6.20 Å². The molecule has 5 heteroatoms. The SMILES string of the molecule is CN(C)CCCN(C)c1ncc(N)s1. The highest BCUT2D eigenvalue weighted by atomic mass is 32.1. The molecule has 0 atom stereocenters. The van der Waals surface area contributed by atoms with Gasteiger partial charge in [-0.25, -0.2) is 4.98 Å². The van der Waals surface area contributed by atoms with Gasteiger partial charge in [0.05, 0.1) is 6.20 Å². The van der Waals surface area contributed by atoms with E-state index in [4.69, 9.17) is 5.73 Å². The van der Waals surface area contributed by atoms with Gasteiger partial charge < -0.3 is 15.5 Å². The molecule has 2 N–H and O–H groups in total. The molecule has 0 aliphatic heterocycles. The van der Waals surface area contributed by atoms with E-state index in [1.807, 2.05) is 7.05 Å². The van der Waals surface area contributed by atoms with Crippen molar-refractivity contribution in [3.63, 3.8) is 0 Å². The molecular weight excluding hydrogens is 196 g/mol. The number of anilines is 2. The van der Waals surface area contributed by atoms with E-state index in [1.165, 1.54) is 11.3 Å². The van der Waals surface area contributed by atoms with Crippen LogP contribution in [0.3, 0.4) is 0 Å². The number of thiazole rings is 1. The number of hydrogen-bond acceptors (Lipinski definition) is 5. The summed E-state index contributed by atoms with van der Waals surface area (Å²) < 4.78 is 0. The van der Waals surface area contributed by atoms with Crippen molar-refractivity contribution in [2.45, 2.75) is 6.42 Å². The van der Waals surface area contributed by atoms with Gasteiger partial charge in [-0.3, -0.25) is 0 Å². The van der Waals surface area contributed by atoms with Gasteiger partial charge in [0.25, 0.3) is 0 Å². The molecule has 0 bridgehead atoms. The largest absolute Gasteiger partial charge is 0.389 e. The fourth-order valence-corrected chi connectivity index (χ4v) is 1.84. The molecule has 0 radical (unpaired) electrons. The van der Waals surface area contributed by atoms with Crippen molar-refractivity contribution in [1.82, 2.24) is 9.88 Å². The highest BCUT2D eigenvalue weighted by molar-refractivity contribution is 7.19. The molecule has 0 aromatic carbocycles. The lowest BCUT2D eigenvalue weighted by Gasteiger charge is -2.17. The lowest BCUT2D eigenvalue weighted by atomic mass is 10.4. The summed E-state index contributed by atoms with van der Waals surface area (Å²) in [5.41, 5.74) is 5.61. The summed E-state index contributed by atoms with van der Waals surface area (Å²) in [6, 6.07) is 0. The van der Waals surface area contributed by atoms with E-state index in [0.29, 0.717) is 0 Å². The molecule has 0 aliphatic carbocycles. The average molecular weight is 214 g/mol. The molecular formula is C9H18N4S. The molecule has 0 spiro atoms. The summed E-state index contributed by atoms with van der Waals surface area (Å²) in [6.07, 6.45) is 2.85. The van der Waals surface area contributed by atoms with E-state index in [0.717, 1.165) is 29.6 Å². The van der Waals surface area contributed by atoms with Crippen molar-refractivity contribution < 1.29 is 0 Å². The predicted molar refractivity (Wildman–Crippen MR) is 63.0 cm³/mol. The van der Waals surface area contributed by atoms with E-state index in [2.05, 4.69) is 28.9 Å². The number of rotatable bonds is 5. The summed E-state index contributed by atoms with van der Waals surface area (Å²) >= 11 is 1.53. The molecule has 1 aromatic rings. The van der Waals surface area contributed by atoms with E-state index < -0.39 is 0 Å². The zero-order valence-electron chi connectivity index (χ0n) is 9.03. The van der Waals surface area contributed by atoms with Gasteiger partial charge in [-0.2, -0.15) is 0 Å². The monoisotopic (exact) mass is 214 g/mol. The first kappa shape index (κ1) is 11.3. The number of nitrogen functional groups attached to an aromatic ring is 1. The van der Waals surface area contributed by atoms with Crippen molar-refractivity contribution >= 4 is 21.5 Å². The first-order chi connectivity index (χ1) is 6.59. The summed E-state index contributed by atoms with van der Waals surface area (Å²) in [4.78, 5) is 8.55. The van der Waals surface area contributed by atoms with Crippen molar-refractivity contribution in [1.29, 1.82) is 0 Å². The van der Waals surface area contributed by atoms with Crippen molar-refractivity contribution in [3.8, 4) is 0 Å². The van der Waals surface area contributed by atoms with Crippen LogP contribution in [0, 0.1) is 0 Å². The lowest BCUT2D eigenvalue weighted by molar-refractivity contribution is 0.401. The second-order valence-electron chi connectivity index (χ2n) is 3.62. The molecule has 14 heavy (non-hydrogen) atoms. The summed E-state index contributed by atoms with van der Waals surface area (Å²) in [5, 5.41) is 1.78. The van der Waals surface area contributed by atoms with Gasteiger partial charge in [0.1, 0.15) is 5.00 Å². The predicted octanol–water partition coefficient (Wildman–Crippen LogP) is 1.11. The third kappa shape index (κ3) is 3.51. The molecule has 0 unspecified atom stereocenters. The Hall–Kier alpha value is -0.810. The highest BCUT2D eigenvalue weighted by Gasteiger charge is 2.04. The van der Waals surface area contributed by atoms with Crippen LogP contribution >= 0.6 is 11.3 Å². The van der Waals surface area contributed by atoms with Crippen LogP contribution in [0.2, 0.25) is 0 Å². The van der Waals surface area contributed by atoms with Gasteiger partial charge in [0.15, 0.2) is 5.13 Å². The minimum absolute atomic E-state index is 0.777. The van der Waals surface area contributed by atoms with Crippen LogP contribution in [0.15, 0.2) is 6.20 Å². The molecule has 1 rings (SSSR count). The summed E-state index contributed by atoms with van der Waals surface area (Å²) in [7, 11) is 6.22. The normalized spacial score (nSPS) is 10.9. The molecule has 0 aliphatic rings. The Morgan fingerprint density at radius 1 is 1.36 bits per heavy atom. The van der Waals surface area contributed by atoms with Gasteiger partial charge >= 0.3 is 0 Å². The van der Waals surface area contributed by atoms with Crippen molar-refractivity contribution in [2.24, 2.45) is 0 Å². The molecule has 0 amide bonds. The maximum absolute atomic E-state index is 5.61. The van der Waals surface area contributed by atoms with Gasteiger partial charge in [-0.05, 0) is 27.1 Å². The third-order valence-electron chi connectivity index (χ3n) is 1.94. The van der Waals surface area contributed by atoms with Crippen LogP contribution in [-0.4, -0.2) is 44.1 Å². The Bertz CT molecular complexity index is 272. The van der Waals surface area contributed by atoms with E-state index >= 15 is 0 Å². The minimum atomic E-state index is 0.777. The van der Waals surface area contributed by atoms with Crippen LogP contribution in [0.25, 0.3) is 0 Å². The zero-order valence-corrected chi connectivity index (χ0v) is 9.84. The Kier molecular flexibility index (Phi) is 4.16. The standard InChI is InChI=1S/C9H18N4S/c1-12(2)5-4-6-13(3)9-11-7-8(10)14-9/h7H,4-6,10H2,1-3H3. The van der Waals surface area contributed by atoms with Crippen LogP contribution in [0.1, 0.15) is 6.42 Å². The highest BCUT2D eigenvalue weighted by Crippen LogP contribution is 2.22. The van der Waals surface area contributed by atoms with Gasteiger partial charge in [0, 0.05) is 13.6 Å². The van der Waals surface area contributed by atoms with Gasteiger partial charge in [-0.1, -0.05) is 11.3 Å². The smallest absolute Gasteiger partial charge is 0.186 e. The quantitative estimate of drug-likeness (QED) is 0.797. The molecule has 4 nitrogen and oxygen atoms in total. The fraction of sp³-hybridized carbons (Fsp3) is 0.667. The number of hydrogen-bond donors (Lipinski definition) is 1. The Morgan fingerprint density at radius 2 is 2.07 bits per heavy atom. The molecule has 0 saturated carbocycles. The summed E-state index contributed by atoms with van der Waals surface area (Å²) in [5.74, 6) is 0. The van der Waals surface area contributed by atoms with E-state index in [9.17, 15) is 0 Å². The van der Waals surface area contributed by atoms with Gasteiger partial charge in [-0.15, -0.1) is 0 Å². The van der Waals surface area contributed by atoms with Crippen molar-refractivity contribution in [2.75, 3.05) is 44.9 Å². The first-order valence-corrected chi connectivity index (χ1v) is 5.48. The van der Waals surface area contributed by atoms with E-state index in [-0.39, 0.29) is 0 Å². The molecule has 80 valence electrons. The maximum atomic E-state index is 5.61. The average Bonchev–Trinajstić information content (AvgIpc) is 2.51. The first-order valence-electron chi connectivity index (χ1n) is 4.67. The summed E-state index contributed by atoms with van der Waals surface area (Å²) in [6.45, 7) is 2.12. The van der Waals surface area contributed by atoms with Gasteiger partial charge in [0.2, 0.25) is 0 Å². The molecule has 1 aromatic heterocycles. The third-order valence-corrected chi connectivity index (χ3v) is 2.88. The zero-order chi connectivity index (χ0) is 10.6. The molecule has 1 heterocycles. The number of aromatic nitrogens is 1. The number of nitrogens with two attached hydrogens (primary N) is 1. The van der Waals surface area contributed by atoms with E-state index in [1.54, 1.807) is 6.20 Å². The number of nitrogens with zero attached hydrogens (tertiary/aromatic N) is 3. The Balaban J connectivity index is 2.32. The Labute approximate surface area is 89.3 Å². The molecule has 0 saturated heterocycles. The molecule has 0 fully saturated rings. The second-order valence-corrected chi connectivity index (χ2v) is 4.66. The topological polar surface area (TPSA) is 45.4 Å². The second kappa shape index (κ2) is 5.17. The van der Waals surface area contributed by atoms with Crippen LogP contribution in [-0.2, 0) is 0 Å². The Morgan fingerprint density at radius 3 is 2.57 bits per heavy atom. The minimum Gasteiger partial charge on any atom is -0.389 e. The van der Waals surface area contributed by atoms with Crippen LogP contribution in [0.5, 0.6) is 0 Å².